The number of thiophene rings is 1. The molecule has 5 nitrogen and oxygen atoms in total. The van der Waals surface area contributed by atoms with Gasteiger partial charge in [0.05, 0.1) is 12.7 Å². The molecule has 1 amide bonds. The van der Waals surface area contributed by atoms with Gasteiger partial charge in [0.25, 0.3) is 5.91 Å². The summed E-state index contributed by atoms with van der Waals surface area (Å²) in [4.78, 5) is 24.6. The van der Waals surface area contributed by atoms with Crippen LogP contribution in [0.25, 0.3) is 0 Å². The fourth-order valence-corrected chi connectivity index (χ4v) is 2.50. The first-order valence-corrected chi connectivity index (χ1v) is 7.67. The molecule has 0 atom stereocenters. The molecular formula is C16H17NO4S. The first-order valence-electron chi connectivity index (χ1n) is 6.79. The van der Waals surface area contributed by atoms with Gasteiger partial charge >= 0.3 is 5.97 Å². The zero-order valence-electron chi connectivity index (χ0n) is 12.2. The zero-order valence-corrected chi connectivity index (χ0v) is 13.0. The van der Waals surface area contributed by atoms with E-state index in [2.05, 4.69) is 5.32 Å². The average Bonchev–Trinajstić information content (AvgIpc) is 3.06. The number of hydrogen-bond donors (Lipinski definition) is 1. The van der Waals surface area contributed by atoms with Crippen molar-refractivity contribution >= 4 is 23.2 Å². The Bertz CT molecular complexity index is 625. The number of esters is 1. The number of nitrogens with one attached hydrogen (secondary N) is 1. The van der Waals surface area contributed by atoms with Crippen LogP contribution in [0.1, 0.15) is 15.2 Å². The van der Waals surface area contributed by atoms with Crippen molar-refractivity contribution in [3.63, 3.8) is 0 Å². The van der Waals surface area contributed by atoms with Gasteiger partial charge in [-0.1, -0.05) is 12.1 Å². The van der Waals surface area contributed by atoms with Gasteiger partial charge in [-0.05, 0) is 36.1 Å². The summed E-state index contributed by atoms with van der Waals surface area (Å²) in [5.74, 6) is -0.296. The average molecular weight is 319 g/mol. The van der Waals surface area contributed by atoms with Crippen LogP contribution in [0.5, 0.6) is 5.75 Å². The first-order chi connectivity index (χ1) is 10.7. The van der Waals surface area contributed by atoms with Crippen molar-refractivity contribution in [2.75, 3.05) is 20.3 Å². The summed E-state index contributed by atoms with van der Waals surface area (Å²) in [6, 6.07) is 10.6. The molecule has 0 spiro atoms. The Morgan fingerprint density at radius 2 is 2.09 bits per heavy atom. The monoisotopic (exact) mass is 319 g/mol. The van der Waals surface area contributed by atoms with E-state index in [1.165, 1.54) is 12.0 Å². The van der Waals surface area contributed by atoms with Crippen molar-refractivity contribution in [1.29, 1.82) is 0 Å². The minimum Gasteiger partial charge on any atom is -0.497 e. The maximum absolute atomic E-state index is 11.8. The smallest absolute Gasteiger partial charge is 0.338 e. The Balaban J connectivity index is 1.72. The van der Waals surface area contributed by atoms with Gasteiger partial charge in [-0.3, -0.25) is 4.79 Å². The van der Waals surface area contributed by atoms with E-state index in [0.29, 0.717) is 17.9 Å². The Kier molecular flexibility index (Phi) is 5.97. The Labute approximate surface area is 132 Å². The summed E-state index contributed by atoms with van der Waals surface area (Å²) >= 11 is 1.65. The van der Waals surface area contributed by atoms with Gasteiger partial charge in [0.15, 0.2) is 6.61 Å². The van der Waals surface area contributed by atoms with E-state index in [1.807, 2.05) is 17.5 Å². The number of ether oxygens (including phenoxy) is 2. The number of amides is 1. The summed E-state index contributed by atoms with van der Waals surface area (Å²) in [5, 5.41) is 4.71. The van der Waals surface area contributed by atoms with E-state index in [1.54, 1.807) is 35.6 Å². The van der Waals surface area contributed by atoms with Gasteiger partial charge in [-0.25, -0.2) is 4.79 Å². The van der Waals surface area contributed by atoms with Crippen LogP contribution in [-0.2, 0) is 16.0 Å². The van der Waals surface area contributed by atoms with E-state index in [9.17, 15) is 9.59 Å². The highest BCUT2D eigenvalue weighted by Crippen LogP contribution is 2.13. The maximum Gasteiger partial charge on any atom is 0.338 e. The molecule has 0 aliphatic carbocycles. The second-order valence-corrected chi connectivity index (χ2v) is 5.52. The van der Waals surface area contributed by atoms with Crippen molar-refractivity contribution in [3.8, 4) is 5.75 Å². The molecule has 22 heavy (non-hydrogen) atoms. The Hall–Kier alpha value is -2.34. The quantitative estimate of drug-likeness (QED) is 0.795. The van der Waals surface area contributed by atoms with Gasteiger partial charge in [0.1, 0.15) is 5.75 Å². The van der Waals surface area contributed by atoms with Crippen molar-refractivity contribution in [2.45, 2.75) is 6.42 Å². The normalized spacial score (nSPS) is 10.0. The van der Waals surface area contributed by atoms with Crippen LogP contribution >= 0.6 is 11.3 Å². The summed E-state index contributed by atoms with van der Waals surface area (Å²) in [6.45, 7) is 0.233. The third-order valence-corrected chi connectivity index (χ3v) is 3.85. The first kappa shape index (κ1) is 16.0. The lowest BCUT2D eigenvalue weighted by Crippen LogP contribution is -2.30. The molecule has 0 fully saturated rings. The molecule has 0 bridgehead atoms. The molecule has 0 aliphatic rings. The van der Waals surface area contributed by atoms with Crippen molar-refractivity contribution in [2.24, 2.45) is 0 Å². The minimum atomic E-state index is -0.549. The zero-order chi connectivity index (χ0) is 15.8. The molecule has 6 heteroatoms. The molecule has 0 saturated carbocycles. The lowest BCUT2D eigenvalue weighted by Gasteiger charge is -2.07. The van der Waals surface area contributed by atoms with Crippen LogP contribution in [0.4, 0.5) is 0 Å². The predicted molar refractivity (Wildman–Crippen MR) is 84.3 cm³/mol. The van der Waals surface area contributed by atoms with Crippen LogP contribution < -0.4 is 10.1 Å². The second-order valence-electron chi connectivity index (χ2n) is 4.49. The number of rotatable bonds is 7. The van der Waals surface area contributed by atoms with E-state index in [-0.39, 0.29) is 12.5 Å². The fraction of sp³-hybridized carbons (Fsp3) is 0.250. The summed E-state index contributed by atoms with van der Waals surface area (Å²) in [7, 11) is 1.52. The largest absolute Gasteiger partial charge is 0.497 e. The molecule has 0 unspecified atom stereocenters. The number of hydrogen-bond acceptors (Lipinski definition) is 5. The van der Waals surface area contributed by atoms with Crippen molar-refractivity contribution in [3.05, 3.63) is 52.2 Å². The molecule has 0 saturated heterocycles. The second kappa shape index (κ2) is 8.19. The lowest BCUT2D eigenvalue weighted by atomic mass is 10.2. The SMILES string of the molecule is COc1cccc(C(=O)OCC(=O)NCCc2cccs2)c1. The van der Waals surface area contributed by atoms with Crippen molar-refractivity contribution < 1.29 is 19.1 Å². The van der Waals surface area contributed by atoms with Gasteiger partial charge in [-0.2, -0.15) is 0 Å². The Morgan fingerprint density at radius 1 is 1.23 bits per heavy atom. The third-order valence-electron chi connectivity index (χ3n) is 2.91. The van der Waals surface area contributed by atoms with E-state index in [0.717, 1.165) is 6.42 Å². The van der Waals surface area contributed by atoms with Crippen LogP contribution in [0.15, 0.2) is 41.8 Å². The number of methoxy groups -OCH3 is 1. The van der Waals surface area contributed by atoms with E-state index in [4.69, 9.17) is 9.47 Å². The van der Waals surface area contributed by atoms with E-state index >= 15 is 0 Å². The highest BCUT2D eigenvalue weighted by molar-refractivity contribution is 7.09. The molecule has 116 valence electrons. The summed E-state index contributed by atoms with van der Waals surface area (Å²) in [5.41, 5.74) is 0.353. The molecule has 0 aliphatic heterocycles. The maximum atomic E-state index is 11.8. The number of carbonyl (C=O) groups is 2. The van der Waals surface area contributed by atoms with Crippen LogP contribution in [-0.4, -0.2) is 32.1 Å². The molecule has 2 rings (SSSR count). The van der Waals surface area contributed by atoms with Gasteiger partial charge in [0, 0.05) is 11.4 Å². The number of carbonyl (C=O) groups excluding carboxylic acids is 2. The highest BCUT2D eigenvalue weighted by atomic mass is 32.1. The van der Waals surface area contributed by atoms with Gasteiger partial charge in [0.2, 0.25) is 0 Å². The molecule has 1 aromatic carbocycles. The highest BCUT2D eigenvalue weighted by Gasteiger charge is 2.10. The van der Waals surface area contributed by atoms with Crippen molar-refractivity contribution in [1.82, 2.24) is 5.32 Å². The van der Waals surface area contributed by atoms with Crippen LogP contribution in [0.3, 0.4) is 0 Å². The van der Waals surface area contributed by atoms with Crippen LogP contribution in [0.2, 0.25) is 0 Å². The number of benzene rings is 1. The minimum absolute atomic E-state index is 0.291. The fourth-order valence-electron chi connectivity index (χ4n) is 1.80. The molecular weight excluding hydrogens is 302 g/mol. The molecule has 2 aromatic rings. The Morgan fingerprint density at radius 3 is 2.82 bits per heavy atom. The lowest BCUT2D eigenvalue weighted by molar-refractivity contribution is -0.124. The third kappa shape index (κ3) is 4.89. The standard InChI is InChI=1S/C16H17NO4S/c1-20-13-5-2-4-12(10-13)16(19)21-11-15(18)17-8-7-14-6-3-9-22-14/h2-6,9-10H,7-8,11H2,1H3,(H,17,18). The van der Waals surface area contributed by atoms with Crippen LogP contribution in [0, 0.1) is 0 Å². The van der Waals surface area contributed by atoms with E-state index < -0.39 is 5.97 Å². The predicted octanol–water partition coefficient (Wildman–Crippen LogP) is 2.27. The summed E-state index contributed by atoms with van der Waals surface area (Å²) in [6.07, 6.45) is 0.771. The molecule has 0 radical (unpaired) electrons. The topological polar surface area (TPSA) is 64.6 Å². The molecule has 1 heterocycles. The van der Waals surface area contributed by atoms with Gasteiger partial charge in [-0.15, -0.1) is 11.3 Å². The summed E-state index contributed by atoms with van der Waals surface area (Å²) < 4.78 is 10.0. The molecule has 1 aromatic heterocycles. The molecule has 1 N–H and O–H groups in total. The van der Waals surface area contributed by atoms with Gasteiger partial charge < -0.3 is 14.8 Å².